The van der Waals surface area contributed by atoms with Crippen molar-refractivity contribution in [2.45, 2.75) is 5.85 Å². The van der Waals surface area contributed by atoms with Gasteiger partial charge in [-0.3, -0.25) is 0 Å². The van der Waals surface area contributed by atoms with Crippen molar-refractivity contribution >= 4 is 40.4 Å². The summed E-state index contributed by atoms with van der Waals surface area (Å²) < 4.78 is 6.77. The first-order chi connectivity index (χ1) is 11.8. The Balaban J connectivity index is 1.89. The zero-order valence-electron chi connectivity index (χ0n) is 12.7. The number of carbonyl (C=O) groups is 1. The number of halogens is 1. The predicted octanol–water partition coefficient (Wildman–Crippen LogP) is 4.75. The monoisotopic (exact) mass is 396 g/mol. The molecule has 0 bridgehead atoms. The Morgan fingerprint density at radius 3 is 1.96 bits per heavy atom. The van der Waals surface area contributed by atoms with Gasteiger partial charge in [0, 0.05) is 18.0 Å². The van der Waals surface area contributed by atoms with Gasteiger partial charge in [0.25, 0.3) is 0 Å². The van der Waals surface area contributed by atoms with E-state index in [1.54, 1.807) is 0 Å². The zero-order chi connectivity index (χ0) is 16.5. The summed E-state index contributed by atoms with van der Waals surface area (Å²) in [6.07, 6.45) is 0. The van der Waals surface area contributed by atoms with E-state index in [0.29, 0.717) is 5.56 Å². The highest BCUT2D eigenvalue weighted by Crippen LogP contribution is 2.55. The van der Waals surface area contributed by atoms with Crippen molar-refractivity contribution in [2.75, 3.05) is 0 Å². The van der Waals surface area contributed by atoms with Crippen molar-refractivity contribution in [1.29, 1.82) is 0 Å². The van der Waals surface area contributed by atoms with Gasteiger partial charge in [0.05, 0.1) is 5.56 Å². The summed E-state index contributed by atoms with van der Waals surface area (Å²) in [5.41, 5.74) is 1.62. The molecule has 2 nitrogen and oxygen atoms in total. The number of hydrogen-bond acceptors (Lipinski definition) is 2. The van der Waals surface area contributed by atoms with E-state index in [9.17, 15) is 4.79 Å². The molecule has 0 aliphatic carbocycles. The lowest BCUT2D eigenvalue weighted by molar-refractivity contribution is 0.0516. The number of hydrogen-bond donors (Lipinski definition) is 0. The molecule has 1 unspecified atom stereocenters. The van der Waals surface area contributed by atoms with Gasteiger partial charge >= 0.3 is 5.97 Å². The molecular formula is C20H14BrO2P. The normalized spacial score (nSPS) is 16.1. The van der Waals surface area contributed by atoms with Gasteiger partial charge in [0.15, 0.2) is 5.85 Å². The maximum Gasteiger partial charge on any atom is 0.339 e. The summed E-state index contributed by atoms with van der Waals surface area (Å²) in [7, 11) is -0.854. The molecule has 4 rings (SSSR count). The first-order valence-corrected chi connectivity index (χ1v) is 9.85. The number of carbonyl (C=O) groups excluding carboxylic acids is 1. The quantitative estimate of drug-likeness (QED) is 0.471. The highest BCUT2D eigenvalue weighted by atomic mass is 79.9. The Labute approximate surface area is 150 Å². The number of rotatable bonds is 3. The van der Waals surface area contributed by atoms with Crippen LogP contribution in [-0.2, 0) is 4.74 Å². The minimum absolute atomic E-state index is 0.240. The lowest BCUT2D eigenvalue weighted by atomic mass is 10.1. The molecule has 0 saturated heterocycles. The van der Waals surface area contributed by atoms with E-state index in [2.05, 4.69) is 40.2 Å². The summed E-state index contributed by atoms with van der Waals surface area (Å²) in [6, 6.07) is 26.3. The van der Waals surface area contributed by atoms with Crippen LogP contribution in [0, 0.1) is 0 Å². The third kappa shape index (κ3) is 2.68. The van der Waals surface area contributed by atoms with Gasteiger partial charge in [-0.05, 0) is 22.7 Å². The molecule has 0 radical (unpaired) electrons. The average molecular weight is 397 g/mol. The Bertz CT molecular complexity index is 841. The van der Waals surface area contributed by atoms with Gasteiger partial charge in [-0.25, -0.2) is 4.79 Å². The molecule has 3 aromatic carbocycles. The summed E-state index contributed by atoms with van der Waals surface area (Å²) in [5, 5.41) is 2.39. The van der Waals surface area contributed by atoms with Crippen molar-refractivity contribution in [3.63, 3.8) is 0 Å². The maximum absolute atomic E-state index is 12.4. The second-order valence-electron chi connectivity index (χ2n) is 5.50. The van der Waals surface area contributed by atoms with Crippen LogP contribution in [0.1, 0.15) is 21.8 Å². The van der Waals surface area contributed by atoms with E-state index in [4.69, 9.17) is 4.74 Å². The molecule has 0 amide bonds. The first-order valence-electron chi connectivity index (χ1n) is 7.64. The molecule has 1 atom stereocenters. The number of benzene rings is 3. The van der Waals surface area contributed by atoms with Gasteiger partial charge in [-0.15, -0.1) is 0 Å². The van der Waals surface area contributed by atoms with Gasteiger partial charge in [-0.2, -0.15) is 0 Å². The third-order valence-corrected chi connectivity index (χ3v) is 7.27. The zero-order valence-corrected chi connectivity index (χ0v) is 15.2. The number of cyclic esters (lactones) is 1. The van der Waals surface area contributed by atoms with Gasteiger partial charge in [0.2, 0.25) is 0 Å². The Morgan fingerprint density at radius 1 is 0.792 bits per heavy atom. The Morgan fingerprint density at radius 2 is 1.38 bits per heavy atom. The third-order valence-electron chi connectivity index (χ3n) is 4.04. The Kier molecular flexibility index (Phi) is 4.22. The maximum atomic E-state index is 12.4. The van der Waals surface area contributed by atoms with Crippen LogP contribution in [0.2, 0.25) is 0 Å². The number of fused-ring (bicyclic) bond motifs is 1. The lowest BCUT2D eigenvalue weighted by Gasteiger charge is -2.25. The van der Waals surface area contributed by atoms with Crippen LogP contribution >= 0.6 is 23.9 Å². The van der Waals surface area contributed by atoms with Crippen molar-refractivity contribution in [3.8, 4) is 0 Å². The molecule has 118 valence electrons. The summed E-state index contributed by atoms with van der Waals surface area (Å²) >= 11 is 3.61. The number of esters is 1. The highest BCUT2D eigenvalue weighted by Gasteiger charge is 2.39. The van der Waals surface area contributed by atoms with Crippen molar-refractivity contribution < 1.29 is 9.53 Å². The topological polar surface area (TPSA) is 26.3 Å². The average Bonchev–Trinajstić information content (AvgIpc) is 2.95. The van der Waals surface area contributed by atoms with Crippen LogP contribution in [0.5, 0.6) is 0 Å². The molecule has 3 aromatic rings. The number of ether oxygens (including phenoxy) is 1. The van der Waals surface area contributed by atoms with E-state index in [1.165, 1.54) is 10.6 Å². The molecule has 4 heteroatoms. The molecule has 24 heavy (non-hydrogen) atoms. The standard InChI is InChI=1S/C20H14BrO2P/c21-17-13-7-12-16-18(17)20(23-19(16)22)24(14-8-3-1-4-9-14)15-10-5-2-6-11-15/h1-13,20H. The van der Waals surface area contributed by atoms with Crippen LogP contribution in [0.4, 0.5) is 0 Å². The molecule has 0 fully saturated rings. The van der Waals surface area contributed by atoms with E-state index in [-0.39, 0.29) is 11.8 Å². The van der Waals surface area contributed by atoms with Crippen LogP contribution in [0.15, 0.2) is 83.3 Å². The lowest BCUT2D eigenvalue weighted by Crippen LogP contribution is -2.17. The second kappa shape index (κ2) is 6.51. The van der Waals surface area contributed by atoms with Crippen LogP contribution in [0.3, 0.4) is 0 Å². The SMILES string of the molecule is O=C1OC(P(c2ccccc2)c2ccccc2)c2c(Br)cccc21. The van der Waals surface area contributed by atoms with Crippen LogP contribution in [0.25, 0.3) is 0 Å². The molecule has 1 heterocycles. The fourth-order valence-electron chi connectivity index (χ4n) is 2.97. The predicted molar refractivity (Wildman–Crippen MR) is 101 cm³/mol. The van der Waals surface area contributed by atoms with Crippen LogP contribution in [-0.4, -0.2) is 5.97 Å². The molecule has 1 aliphatic rings. The first kappa shape index (κ1) is 15.6. The highest BCUT2D eigenvalue weighted by molar-refractivity contribution is 9.10. The molecule has 0 aromatic heterocycles. The summed E-state index contributed by atoms with van der Waals surface area (Å²) in [4.78, 5) is 12.4. The van der Waals surface area contributed by atoms with Crippen molar-refractivity contribution in [1.82, 2.24) is 0 Å². The largest absolute Gasteiger partial charge is 0.449 e. The summed E-state index contributed by atoms with van der Waals surface area (Å²) in [5.74, 6) is -0.515. The summed E-state index contributed by atoms with van der Waals surface area (Å²) in [6.45, 7) is 0. The molecule has 0 saturated carbocycles. The van der Waals surface area contributed by atoms with E-state index in [1.807, 2.05) is 54.6 Å². The smallest absolute Gasteiger partial charge is 0.339 e. The second-order valence-corrected chi connectivity index (χ2v) is 8.60. The van der Waals surface area contributed by atoms with Crippen LogP contribution < -0.4 is 10.6 Å². The molecule has 0 N–H and O–H groups in total. The molecular weight excluding hydrogens is 383 g/mol. The van der Waals surface area contributed by atoms with Crippen molar-refractivity contribution in [3.05, 3.63) is 94.5 Å². The molecule has 0 spiro atoms. The fourth-order valence-corrected chi connectivity index (χ4v) is 6.28. The minimum Gasteiger partial charge on any atom is -0.449 e. The fraction of sp³-hybridized carbons (Fsp3) is 0.0500. The van der Waals surface area contributed by atoms with E-state index >= 15 is 0 Å². The van der Waals surface area contributed by atoms with Gasteiger partial charge < -0.3 is 4.74 Å². The van der Waals surface area contributed by atoms with E-state index in [0.717, 1.165) is 10.0 Å². The minimum atomic E-state index is -0.854. The van der Waals surface area contributed by atoms with Gasteiger partial charge in [0.1, 0.15) is 0 Å². The molecule has 1 aliphatic heterocycles. The Hall–Kier alpha value is -1.96. The van der Waals surface area contributed by atoms with E-state index < -0.39 is 7.92 Å². The van der Waals surface area contributed by atoms with Gasteiger partial charge in [-0.1, -0.05) is 82.7 Å². The van der Waals surface area contributed by atoms with Crippen molar-refractivity contribution in [2.24, 2.45) is 0 Å².